The largest absolute Gasteiger partial charge is 0.454 e. The lowest BCUT2D eigenvalue weighted by Crippen LogP contribution is -3.17. The van der Waals surface area contributed by atoms with Crippen molar-refractivity contribution >= 4 is 5.91 Å². The van der Waals surface area contributed by atoms with Gasteiger partial charge in [-0.15, -0.1) is 0 Å². The van der Waals surface area contributed by atoms with Gasteiger partial charge in [-0.1, -0.05) is 6.07 Å². The second-order valence-corrected chi connectivity index (χ2v) is 5.95. The van der Waals surface area contributed by atoms with E-state index in [2.05, 4.69) is 12.2 Å². The highest BCUT2D eigenvalue weighted by molar-refractivity contribution is 5.76. The topological polar surface area (TPSA) is 52.0 Å². The highest BCUT2D eigenvalue weighted by Gasteiger charge is 2.24. The second-order valence-electron chi connectivity index (χ2n) is 5.95. The molecule has 1 amide bonds. The van der Waals surface area contributed by atoms with Crippen LogP contribution >= 0.6 is 0 Å². The van der Waals surface area contributed by atoms with Crippen molar-refractivity contribution in [1.29, 1.82) is 0 Å². The molecular formula is C16H23N2O3+. The molecule has 21 heavy (non-hydrogen) atoms. The summed E-state index contributed by atoms with van der Waals surface area (Å²) in [4.78, 5) is 13.5. The molecule has 1 unspecified atom stereocenters. The summed E-state index contributed by atoms with van der Waals surface area (Å²) in [6.45, 7) is 4.74. The molecule has 1 aromatic rings. The fraction of sp³-hybridized carbons (Fsp3) is 0.562. The Hall–Kier alpha value is -1.75. The number of ether oxygens (including phenoxy) is 2. The van der Waals surface area contributed by atoms with Crippen molar-refractivity contribution in [2.75, 3.05) is 19.9 Å². The molecule has 114 valence electrons. The fourth-order valence-corrected chi connectivity index (χ4v) is 3.04. The predicted octanol–water partition coefficient (Wildman–Crippen LogP) is 0.489. The fourth-order valence-electron chi connectivity index (χ4n) is 3.04. The van der Waals surface area contributed by atoms with Crippen LogP contribution in [0, 0.1) is 0 Å². The van der Waals surface area contributed by atoms with E-state index in [1.165, 1.54) is 24.2 Å². The first-order valence-electron chi connectivity index (χ1n) is 7.72. The highest BCUT2D eigenvalue weighted by atomic mass is 16.7. The Labute approximate surface area is 125 Å². The molecule has 0 radical (unpaired) electrons. The zero-order chi connectivity index (χ0) is 14.7. The third-order valence-corrected chi connectivity index (χ3v) is 4.40. The van der Waals surface area contributed by atoms with E-state index in [-0.39, 0.29) is 12.7 Å². The number of fused-ring (bicyclic) bond motifs is 1. The number of quaternary nitrogens is 1. The molecule has 0 bridgehead atoms. The smallest absolute Gasteiger partial charge is 0.275 e. The summed E-state index contributed by atoms with van der Waals surface area (Å²) in [6, 6.07) is 6.38. The van der Waals surface area contributed by atoms with E-state index in [0.717, 1.165) is 23.6 Å². The third-order valence-electron chi connectivity index (χ3n) is 4.40. The normalized spacial score (nSPS) is 23.9. The first-order valence-corrected chi connectivity index (χ1v) is 7.72. The standard InChI is InChI=1S/C16H22N2O3/c1-12-4-2-3-7-18(12)10-16(19)17-9-13-5-6-14-15(8-13)21-11-20-14/h5-6,8,12H,2-4,7,9-11H2,1H3,(H,17,19)/p+1/t12-/m0/s1. The number of likely N-dealkylation sites (tertiary alicyclic amines) is 1. The average Bonchev–Trinajstić information content (AvgIpc) is 2.95. The van der Waals surface area contributed by atoms with Crippen molar-refractivity contribution in [1.82, 2.24) is 5.32 Å². The Kier molecular flexibility index (Phi) is 4.29. The number of hydrogen-bond acceptors (Lipinski definition) is 3. The van der Waals surface area contributed by atoms with Gasteiger partial charge in [-0.3, -0.25) is 4.79 Å². The van der Waals surface area contributed by atoms with Gasteiger partial charge in [0.1, 0.15) is 0 Å². The minimum atomic E-state index is 0.122. The zero-order valence-electron chi connectivity index (χ0n) is 12.5. The van der Waals surface area contributed by atoms with Gasteiger partial charge in [0.2, 0.25) is 6.79 Å². The van der Waals surface area contributed by atoms with Gasteiger partial charge >= 0.3 is 0 Å². The molecule has 2 atom stereocenters. The van der Waals surface area contributed by atoms with Crippen LogP contribution in [0.1, 0.15) is 31.7 Å². The van der Waals surface area contributed by atoms with Crippen LogP contribution in [0.15, 0.2) is 18.2 Å². The van der Waals surface area contributed by atoms with E-state index in [1.807, 2.05) is 18.2 Å². The van der Waals surface area contributed by atoms with Crippen LogP contribution in [0.2, 0.25) is 0 Å². The van der Waals surface area contributed by atoms with Crippen molar-refractivity contribution in [3.05, 3.63) is 23.8 Å². The van der Waals surface area contributed by atoms with E-state index in [4.69, 9.17) is 9.47 Å². The lowest BCUT2D eigenvalue weighted by atomic mass is 10.0. The second kappa shape index (κ2) is 6.35. The molecule has 0 saturated carbocycles. The van der Waals surface area contributed by atoms with Gasteiger partial charge in [-0.05, 0) is 43.9 Å². The minimum Gasteiger partial charge on any atom is -0.454 e. The highest BCUT2D eigenvalue weighted by Crippen LogP contribution is 2.32. The number of hydrogen-bond donors (Lipinski definition) is 2. The summed E-state index contributed by atoms with van der Waals surface area (Å²) < 4.78 is 10.6. The summed E-state index contributed by atoms with van der Waals surface area (Å²) in [6.07, 6.45) is 3.75. The maximum absolute atomic E-state index is 12.1. The first-order chi connectivity index (χ1) is 10.2. The summed E-state index contributed by atoms with van der Waals surface area (Å²) in [5, 5.41) is 3.00. The molecule has 1 aromatic carbocycles. The quantitative estimate of drug-likeness (QED) is 0.849. The maximum Gasteiger partial charge on any atom is 0.275 e. The Morgan fingerprint density at radius 1 is 1.33 bits per heavy atom. The van der Waals surface area contributed by atoms with Crippen LogP contribution in [0.5, 0.6) is 11.5 Å². The number of nitrogens with one attached hydrogen (secondary N) is 2. The molecule has 0 aliphatic carbocycles. The maximum atomic E-state index is 12.1. The molecule has 3 rings (SSSR count). The third kappa shape index (κ3) is 3.47. The number of carbonyl (C=O) groups is 1. The van der Waals surface area contributed by atoms with Crippen LogP contribution in [0.25, 0.3) is 0 Å². The average molecular weight is 291 g/mol. The number of amides is 1. The number of benzene rings is 1. The van der Waals surface area contributed by atoms with Gasteiger partial charge in [0.25, 0.3) is 5.91 Å². The lowest BCUT2D eigenvalue weighted by Gasteiger charge is -2.29. The van der Waals surface area contributed by atoms with E-state index in [1.54, 1.807) is 0 Å². The van der Waals surface area contributed by atoms with Crippen molar-refractivity contribution in [3.63, 3.8) is 0 Å². The van der Waals surface area contributed by atoms with Crippen molar-refractivity contribution in [2.24, 2.45) is 0 Å². The van der Waals surface area contributed by atoms with Crippen molar-refractivity contribution < 1.29 is 19.2 Å². The van der Waals surface area contributed by atoms with Crippen LogP contribution in [-0.2, 0) is 11.3 Å². The number of carbonyl (C=O) groups excluding carboxylic acids is 1. The molecular weight excluding hydrogens is 268 g/mol. The van der Waals surface area contributed by atoms with Gasteiger partial charge in [0, 0.05) is 6.54 Å². The van der Waals surface area contributed by atoms with E-state index in [0.29, 0.717) is 19.1 Å². The molecule has 5 heteroatoms. The van der Waals surface area contributed by atoms with Crippen molar-refractivity contribution in [3.8, 4) is 11.5 Å². The molecule has 1 saturated heterocycles. The Morgan fingerprint density at radius 2 is 2.19 bits per heavy atom. The van der Waals surface area contributed by atoms with E-state index in [9.17, 15) is 4.79 Å². The van der Waals surface area contributed by atoms with Crippen LogP contribution in [0.3, 0.4) is 0 Å². The Balaban J connectivity index is 1.49. The van der Waals surface area contributed by atoms with Gasteiger partial charge in [-0.2, -0.15) is 0 Å². The van der Waals surface area contributed by atoms with Crippen LogP contribution < -0.4 is 19.7 Å². The van der Waals surface area contributed by atoms with E-state index < -0.39 is 0 Å². The molecule has 0 aromatic heterocycles. The monoisotopic (exact) mass is 291 g/mol. The molecule has 2 heterocycles. The molecule has 2 N–H and O–H groups in total. The van der Waals surface area contributed by atoms with Crippen LogP contribution in [-0.4, -0.2) is 31.8 Å². The SMILES string of the molecule is C[C@H]1CCCC[NH+]1CC(=O)NCc1ccc2c(c1)OCO2. The predicted molar refractivity (Wildman–Crippen MR) is 78.4 cm³/mol. The van der Waals surface area contributed by atoms with Crippen LogP contribution in [0.4, 0.5) is 0 Å². The Morgan fingerprint density at radius 3 is 3.05 bits per heavy atom. The zero-order valence-corrected chi connectivity index (χ0v) is 12.5. The summed E-state index contributed by atoms with van der Waals surface area (Å²) in [5.41, 5.74) is 1.04. The van der Waals surface area contributed by atoms with Crippen molar-refractivity contribution in [2.45, 2.75) is 38.8 Å². The summed E-state index contributed by atoms with van der Waals surface area (Å²) in [5.74, 6) is 1.66. The molecule has 2 aliphatic rings. The van der Waals surface area contributed by atoms with Gasteiger partial charge in [0.15, 0.2) is 18.0 Å². The Bertz CT molecular complexity index is 518. The van der Waals surface area contributed by atoms with Gasteiger partial charge in [-0.25, -0.2) is 0 Å². The lowest BCUT2D eigenvalue weighted by molar-refractivity contribution is -0.921. The summed E-state index contributed by atoms with van der Waals surface area (Å²) in [7, 11) is 0. The van der Waals surface area contributed by atoms with E-state index >= 15 is 0 Å². The van der Waals surface area contributed by atoms with Gasteiger partial charge in [0.05, 0.1) is 12.6 Å². The number of rotatable bonds is 4. The minimum absolute atomic E-state index is 0.122. The molecule has 0 spiro atoms. The number of piperidine rings is 1. The van der Waals surface area contributed by atoms with Gasteiger partial charge < -0.3 is 19.7 Å². The summed E-state index contributed by atoms with van der Waals surface area (Å²) >= 11 is 0. The molecule has 5 nitrogen and oxygen atoms in total. The molecule has 1 fully saturated rings. The first kappa shape index (κ1) is 14.2. The molecule has 2 aliphatic heterocycles.